The number of rotatable bonds is 7. The molecule has 4 rings (SSSR count). The maximum Gasteiger partial charge on any atom is 0.411 e. The first-order chi connectivity index (χ1) is 16.3. The van der Waals surface area contributed by atoms with Crippen LogP contribution >= 0.6 is 0 Å². The second-order valence-electron chi connectivity index (χ2n) is 8.44. The molecule has 1 aliphatic rings. The molecule has 1 aliphatic carbocycles. The molecule has 2 aromatic carbocycles. The molecule has 1 N–H and O–H groups in total. The van der Waals surface area contributed by atoms with Gasteiger partial charge in [-0.3, -0.25) is 5.32 Å². The second-order valence-corrected chi connectivity index (χ2v) is 8.44. The van der Waals surface area contributed by atoms with Gasteiger partial charge < -0.3 is 14.0 Å². The Morgan fingerprint density at radius 3 is 2.59 bits per heavy atom. The molecule has 6 nitrogen and oxygen atoms in total. The van der Waals surface area contributed by atoms with Crippen LogP contribution in [0.1, 0.15) is 44.7 Å². The zero-order valence-corrected chi connectivity index (χ0v) is 18.8. The first-order valence-electron chi connectivity index (χ1n) is 11.0. The van der Waals surface area contributed by atoms with Crippen LogP contribution in [-0.4, -0.2) is 29.8 Å². The number of halogens is 3. The summed E-state index contributed by atoms with van der Waals surface area (Å²) < 4.78 is 52.3. The van der Waals surface area contributed by atoms with Gasteiger partial charge in [-0.25, -0.2) is 18.0 Å². The van der Waals surface area contributed by atoms with E-state index in [1.807, 2.05) is 4.57 Å². The van der Waals surface area contributed by atoms with E-state index in [1.165, 1.54) is 12.1 Å². The Labute approximate surface area is 194 Å². The van der Waals surface area contributed by atoms with Crippen LogP contribution in [0.15, 0.2) is 36.4 Å². The number of fused-ring (bicyclic) bond motifs is 1. The minimum absolute atomic E-state index is 0.0399. The van der Waals surface area contributed by atoms with Crippen LogP contribution in [0.4, 0.5) is 23.7 Å². The maximum atomic E-state index is 14.9. The average molecular weight is 471 g/mol. The fourth-order valence-corrected chi connectivity index (χ4v) is 4.08. The summed E-state index contributed by atoms with van der Waals surface area (Å²) in [4.78, 5) is 11.9. The van der Waals surface area contributed by atoms with Crippen molar-refractivity contribution >= 4 is 22.7 Å². The van der Waals surface area contributed by atoms with Gasteiger partial charge in [0.15, 0.2) is 0 Å². The molecule has 1 aromatic heterocycles. The molecule has 1 fully saturated rings. The van der Waals surface area contributed by atoms with Crippen molar-refractivity contribution < 1.29 is 27.4 Å². The first-order valence-corrected chi connectivity index (χ1v) is 11.0. The number of anilines is 1. The van der Waals surface area contributed by atoms with Crippen LogP contribution in [0, 0.1) is 17.1 Å². The van der Waals surface area contributed by atoms with E-state index < -0.39 is 24.9 Å². The molecule has 3 aromatic rings. The molecule has 0 radical (unpaired) electrons. The molecular formula is C25H24F3N3O3. The summed E-state index contributed by atoms with van der Waals surface area (Å²) in [6.07, 6.45) is -0.942. The van der Waals surface area contributed by atoms with E-state index in [1.54, 1.807) is 38.1 Å². The number of amides is 1. The van der Waals surface area contributed by atoms with E-state index in [0.29, 0.717) is 27.7 Å². The largest absolute Gasteiger partial charge is 0.488 e. The lowest BCUT2D eigenvalue weighted by atomic mass is 9.92. The van der Waals surface area contributed by atoms with Crippen molar-refractivity contribution in [3.63, 3.8) is 0 Å². The third-order valence-corrected chi connectivity index (χ3v) is 5.73. The van der Waals surface area contributed by atoms with Crippen molar-refractivity contribution in [3.8, 4) is 23.1 Å². The lowest BCUT2D eigenvalue weighted by Gasteiger charge is -2.30. The minimum atomic E-state index is -2.60. The van der Waals surface area contributed by atoms with E-state index >= 15 is 0 Å². The molecule has 0 saturated heterocycles. The van der Waals surface area contributed by atoms with Crippen LogP contribution < -0.4 is 10.1 Å². The molecular weight excluding hydrogens is 447 g/mol. The highest BCUT2D eigenvalue weighted by Gasteiger charge is 2.28. The number of benzene rings is 2. The molecule has 0 atom stereocenters. The molecule has 1 amide bonds. The minimum Gasteiger partial charge on any atom is -0.488 e. The fraction of sp³-hybridized carbons (Fsp3) is 0.360. The van der Waals surface area contributed by atoms with E-state index in [9.17, 15) is 23.2 Å². The SMILES string of the molecule is CC(C)OC(=O)Nc1ccc(-c2c(C#N)c3ccc(OCC(F)F)cc3n2C2CCC2)cc1F. The first kappa shape index (κ1) is 23.5. The number of alkyl halides is 2. The van der Waals surface area contributed by atoms with Gasteiger partial charge in [0.05, 0.1) is 28.6 Å². The lowest BCUT2D eigenvalue weighted by molar-refractivity contribution is 0.0819. The predicted octanol–water partition coefficient (Wildman–Crippen LogP) is 6.64. The summed E-state index contributed by atoms with van der Waals surface area (Å²) in [7, 11) is 0. The number of hydrogen-bond acceptors (Lipinski definition) is 4. The van der Waals surface area contributed by atoms with E-state index in [0.717, 1.165) is 19.3 Å². The Morgan fingerprint density at radius 2 is 2.00 bits per heavy atom. The summed E-state index contributed by atoms with van der Waals surface area (Å²) >= 11 is 0. The van der Waals surface area contributed by atoms with Gasteiger partial charge >= 0.3 is 6.09 Å². The Morgan fingerprint density at radius 1 is 1.24 bits per heavy atom. The zero-order valence-electron chi connectivity index (χ0n) is 18.8. The van der Waals surface area contributed by atoms with Crippen molar-refractivity contribution in [2.24, 2.45) is 0 Å². The van der Waals surface area contributed by atoms with Crippen LogP contribution in [0.25, 0.3) is 22.2 Å². The number of nitrogens with zero attached hydrogens (tertiary/aromatic N) is 2. The van der Waals surface area contributed by atoms with Gasteiger partial charge in [0.2, 0.25) is 0 Å². The van der Waals surface area contributed by atoms with Gasteiger partial charge in [0, 0.05) is 23.1 Å². The highest BCUT2D eigenvalue weighted by Crippen LogP contribution is 2.43. The number of aromatic nitrogens is 1. The van der Waals surface area contributed by atoms with Gasteiger partial charge in [-0.15, -0.1) is 0 Å². The van der Waals surface area contributed by atoms with Crippen molar-refractivity contribution in [2.45, 2.75) is 51.7 Å². The molecule has 0 aliphatic heterocycles. The summed E-state index contributed by atoms with van der Waals surface area (Å²) in [6, 6.07) is 11.5. The molecule has 0 unspecified atom stereocenters. The molecule has 0 spiro atoms. The molecule has 1 saturated carbocycles. The lowest BCUT2D eigenvalue weighted by Crippen LogP contribution is -2.19. The summed E-state index contributed by atoms with van der Waals surface area (Å²) in [6.45, 7) is 2.64. The number of nitriles is 1. The average Bonchev–Trinajstić information content (AvgIpc) is 3.05. The highest BCUT2D eigenvalue weighted by molar-refractivity contribution is 5.96. The smallest absolute Gasteiger partial charge is 0.411 e. The summed E-state index contributed by atoms with van der Waals surface area (Å²) in [5.74, 6) is -0.398. The summed E-state index contributed by atoms with van der Waals surface area (Å²) in [5.41, 5.74) is 2.01. The Balaban J connectivity index is 1.79. The van der Waals surface area contributed by atoms with Gasteiger partial charge in [-0.2, -0.15) is 5.26 Å². The molecule has 34 heavy (non-hydrogen) atoms. The Bertz CT molecular complexity index is 1260. The monoisotopic (exact) mass is 471 g/mol. The molecule has 178 valence electrons. The van der Waals surface area contributed by atoms with Crippen molar-refractivity contribution in [3.05, 3.63) is 47.8 Å². The Kier molecular flexibility index (Phi) is 6.68. The van der Waals surface area contributed by atoms with E-state index in [4.69, 9.17) is 9.47 Å². The maximum absolute atomic E-state index is 14.9. The number of hydrogen-bond donors (Lipinski definition) is 1. The van der Waals surface area contributed by atoms with Crippen molar-refractivity contribution in [1.82, 2.24) is 4.57 Å². The van der Waals surface area contributed by atoms with Crippen molar-refractivity contribution in [1.29, 1.82) is 5.26 Å². The van der Waals surface area contributed by atoms with Crippen LogP contribution in [0.2, 0.25) is 0 Å². The van der Waals surface area contributed by atoms with Crippen LogP contribution in [0.5, 0.6) is 5.75 Å². The van der Waals surface area contributed by atoms with E-state index in [2.05, 4.69) is 11.4 Å². The van der Waals surface area contributed by atoms with E-state index in [-0.39, 0.29) is 23.6 Å². The quantitative estimate of drug-likeness (QED) is 0.419. The Hall–Kier alpha value is -3.67. The third kappa shape index (κ3) is 4.67. The van der Waals surface area contributed by atoms with Crippen LogP contribution in [-0.2, 0) is 4.74 Å². The van der Waals surface area contributed by atoms with Gasteiger partial charge in [0.25, 0.3) is 6.43 Å². The van der Waals surface area contributed by atoms with Crippen molar-refractivity contribution in [2.75, 3.05) is 11.9 Å². The number of carbonyl (C=O) groups is 1. The highest BCUT2D eigenvalue weighted by atomic mass is 19.3. The molecule has 0 bridgehead atoms. The standard InChI is InChI=1S/C25H24F3N3O3/c1-14(2)34-25(32)30-21-9-6-15(10-20(21)26)24-19(12-29)18-8-7-17(33-13-23(27)28)11-22(18)31(24)16-4-3-5-16/h6-11,14,16,23H,3-5,13H2,1-2H3,(H,30,32). The molecule has 9 heteroatoms. The third-order valence-electron chi connectivity index (χ3n) is 5.73. The van der Waals surface area contributed by atoms with Crippen LogP contribution in [0.3, 0.4) is 0 Å². The van der Waals surface area contributed by atoms with Gasteiger partial charge in [0.1, 0.15) is 24.2 Å². The van der Waals surface area contributed by atoms with Gasteiger partial charge in [-0.05, 0) is 57.4 Å². The normalized spacial score (nSPS) is 13.7. The topological polar surface area (TPSA) is 76.3 Å². The molecule has 1 heterocycles. The fourth-order valence-electron chi connectivity index (χ4n) is 4.08. The zero-order chi connectivity index (χ0) is 24.4. The summed E-state index contributed by atoms with van der Waals surface area (Å²) in [5, 5.41) is 13.0. The number of carbonyl (C=O) groups excluding carboxylic acids is 1. The van der Waals surface area contributed by atoms with Gasteiger partial charge in [-0.1, -0.05) is 6.07 Å². The number of nitrogens with one attached hydrogen (secondary N) is 1. The number of ether oxygens (including phenoxy) is 2. The second kappa shape index (κ2) is 9.67. The predicted molar refractivity (Wildman–Crippen MR) is 122 cm³/mol.